The second kappa shape index (κ2) is 4.87. The molecule has 6 nitrogen and oxygen atoms in total. The molecular formula is C10H17N5O. The predicted octanol–water partition coefficient (Wildman–Crippen LogP) is 0.410. The topological polar surface area (TPSA) is 93.8 Å². The van der Waals surface area contributed by atoms with Crippen LogP contribution < -0.4 is 11.1 Å². The van der Waals surface area contributed by atoms with Gasteiger partial charge in [0, 0.05) is 0 Å². The van der Waals surface area contributed by atoms with E-state index in [4.69, 9.17) is 5.73 Å². The summed E-state index contributed by atoms with van der Waals surface area (Å²) >= 11 is 0. The van der Waals surface area contributed by atoms with Gasteiger partial charge in [-0.1, -0.05) is 13.8 Å². The first kappa shape index (κ1) is 12.4. The molecule has 6 heteroatoms. The van der Waals surface area contributed by atoms with Crippen molar-refractivity contribution in [1.82, 2.24) is 15.2 Å². The second-order valence-electron chi connectivity index (χ2n) is 4.07. The van der Waals surface area contributed by atoms with Crippen molar-refractivity contribution in [3.05, 3.63) is 11.4 Å². The first-order chi connectivity index (χ1) is 7.41. The number of nitrogens with two attached hydrogens (primary N) is 1. The largest absolute Gasteiger partial charge is 0.368 e. The molecule has 1 atom stereocenters. The van der Waals surface area contributed by atoms with Crippen LogP contribution in [-0.4, -0.2) is 27.1 Å². The fourth-order valence-corrected chi connectivity index (χ4v) is 1.22. The number of carbonyl (C=O) groups excluding carboxylic acids is 1. The third-order valence-electron chi connectivity index (χ3n) is 2.35. The van der Waals surface area contributed by atoms with Crippen LogP contribution >= 0.6 is 0 Å². The molecule has 0 aliphatic heterocycles. The van der Waals surface area contributed by atoms with Gasteiger partial charge in [-0.25, -0.2) is 4.98 Å². The van der Waals surface area contributed by atoms with Crippen LogP contribution in [0.5, 0.6) is 0 Å². The smallest absolute Gasteiger partial charge is 0.243 e. The standard InChI is InChI=1S/C10H17N5O/c1-5(2)8(9(11)16)13-10-12-6(3)7(4)14-15-10/h5,8H,1-4H3,(H2,11,16)(H,12,13,15). The SMILES string of the molecule is Cc1nnc(NC(C(N)=O)C(C)C)nc1C. The average molecular weight is 223 g/mol. The number of aryl methyl sites for hydroxylation is 2. The van der Waals surface area contributed by atoms with Crippen molar-refractivity contribution in [3.63, 3.8) is 0 Å². The molecule has 88 valence electrons. The van der Waals surface area contributed by atoms with Crippen LogP contribution in [0.15, 0.2) is 0 Å². The Morgan fingerprint density at radius 2 is 1.88 bits per heavy atom. The summed E-state index contributed by atoms with van der Waals surface area (Å²) < 4.78 is 0. The van der Waals surface area contributed by atoms with E-state index in [0.29, 0.717) is 5.95 Å². The summed E-state index contributed by atoms with van der Waals surface area (Å²) in [4.78, 5) is 15.4. The molecule has 0 aliphatic carbocycles. The van der Waals surface area contributed by atoms with Gasteiger partial charge in [0.25, 0.3) is 0 Å². The summed E-state index contributed by atoms with van der Waals surface area (Å²) in [5.74, 6) is -0.0138. The van der Waals surface area contributed by atoms with Gasteiger partial charge >= 0.3 is 0 Å². The highest BCUT2D eigenvalue weighted by Crippen LogP contribution is 2.08. The summed E-state index contributed by atoms with van der Waals surface area (Å²) in [5, 5.41) is 10.7. The second-order valence-corrected chi connectivity index (χ2v) is 4.07. The van der Waals surface area contributed by atoms with Crippen LogP contribution in [0.25, 0.3) is 0 Å². The van der Waals surface area contributed by atoms with Crippen molar-refractivity contribution in [2.24, 2.45) is 11.7 Å². The van der Waals surface area contributed by atoms with Crippen molar-refractivity contribution in [2.45, 2.75) is 33.7 Å². The lowest BCUT2D eigenvalue weighted by Crippen LogP contribution is -2.40. The highest BCUT2D eigenvalue weighted by Gasteiger charge is 2.20. The molecule has 0 saturated heterocycles. The summed E-state index contributed by atoms with van der Waals surface area (Å²) in [7, 11) is 0. The van der Waals surface area contributed by atoms with Crippen LogP contribution in [0.1, 0.15) is 25.2 Å². The van der Waals surface area contributed by atoms with Gasteiger partial charge in [0.05, 0.1) is 11.4 Å². The molecule has 0 saturated carbocycles. The third-order valence-corrected chi connectivity index (χ3v) is 2.35. The van der Waals surface area contributed by atoms with Crippen molar-refractivity contribution < 1.29 is 4.79 Å². The maximum Gasteiger partial charge on any atom is 0.243 e. The number of hydrogen-bond donors (Lipinski definition) is 2. The average Bonchev–Trinajstić information content (AvgIpc) is 2.18. The highest BCUT2D eigenvalue weighted by atomic mass is 16.1. The molecule has 16 heavy (non-hydrogen) atoms. The summed E-state index contributed by atoms with van der Waals surface area (Å²) in [6.07, 6.45) is 0. The van der Waals surface area contributed by atoms with Gasteiger partial charge in [-0.2, -0.15) is 5.10 Å². The number of carbonyl (C=O) groups is 1. The van der Waals surface area contributed by atoms with E-state index < -0.39 is 11.9 Å². The number of aromatic nitrogens is 3. The van der Waals surface area contributed by atoms with Crippen molar-refractivity contribution in [1.29, 1.82) is 0 Å². The van der Waals surface area contributed by atoms with Gasteiger partial charge in [-0.15, -0.1) is 5.10 Å². The maximum absolute atomic E-state index is 11.2. The van der Waals surface area contributed by atoms with E-state index in [1.54, 1.807) is 0 Å². The first-order valence-corrected chi connectivity index (χ1v) is 5.15. The number of hydrogen-bond acceptors (Lipinski definition) is 5. The van der Waals surface area contributed by atoms with E-state index in [1.807, 2.05) is 27.7 Å². The molecule has 1 aromatic heterocycles. The minimum Gasteiger partial charge on any atom is -0.368 e. The lowest BCUT2D eigenvalue weighted by Gasteiger charge is -2.18. The molecule has 0 radical (unpaired) electrons. The van der Waals surface area contributed by atoms with Crippen LogP contribution in [0.4, 0.5) is 5.95 Å². The van der Waals surface area contributed by atoms with Crippen LogP contribution in [0.2, 0.25) is 0 Å². The molecule has 1 heterocycles. The number of nitrogens with one attached hydrogen (secondary N) is 1. The van der Waals surface area contributed by atoms with Crippen molar-refractivity contribution >= 4 is 11.9 Å². The third kappa shape index (κ3) is 2.88. The van der Waals surface area contributed by atoms with Crippen molar-refractivity contribution in [3.8, 4) is 0 Å². The van der Waals surface area contributed by atoms with Crippen LogP contribution in [-0.2, 0) is 4.79 Å². The molecule has 3 N–H and O–H groups in total. The molecule has 0 aromatic carbocycles. The van der Waals surface area contributed by atoms with Gasteiger partial charge in [-0.05, 0) is 19.8 Å². The van der Waals surface area contributed by atoms with E-state index >= 15 is 0 Å². The monoisotopic (exact) mass is 223 g/mol. The molecule has 0 bridgehead atoms. The summed E-state index contributed by atoms with van der Waals surface area (Å²) in [6, 6.07) is -0.482. The number of amides is 1. The molecule has 1 aromatic rings. The fraction of sp³-hybridized carbons (Fsp3) is 0.600. The molecule has 0 fully saturated rings. The Labute approximate surface area is 94.7 Å². The lowest BCUT2D eigenvalue weighted by molar-refractivity contribution is -0.119. The van der Waals surface area contributed by atoms with E-state index in [9.17, 15) is 4.79 Å². The first-order valence-electron chi connectivity index (χ1n) is 5.15. The zero-order valence-corrected chi connectivity index (χ0v) is 9.98. The number of anilines is 1. The van der Waals surface area contributed by atoms with Crippen LogP contribution in [0.3, 0.4) is 0 Å². The van der Waals surface area contributed by atoms with Gasteiger partial charge in [0.1, 0.15) is 6.04 Å². The molecule has 1 unspecified atom stereocenters. The van der Waals surface area contributed by atoms with Gasteiger partial charge in [0.15, 0.2) is 0 Å². The number of rotatable bonds is 4. The Hall–Kier alpha value is -1.72. The normalized spacial score (nSPS) is 12.6. The molecule has 0 spiro atoms. The predicted molar refractivity (Wildman–Crippen MR) is 60.7 cm³/mol. The quantitative estimate of drug-likeness (QED) is 0.771. The van der Waals surface area contributed by atoms with Gasteiger partial charge in [0.2, 0.25) is 11.9 Å². The Bertz CT molecular complexity index is 391. The van der Waals surface area contributed by atoms with Gasteiger partial charge < -0.3 is 11.1 Å². The van der Waals surface area contributed by atoms with E-state index in [2.05, 4.69) is 20.5 Å². The van der Waals surface area contributed by atoms with E-state index in [1.165, 1.54) is 0 Å². The van der Waals surface area contributed by atoms with Gasteiger partial charge in [-0.3, -0.25) is 4.79 Å². The molecule has 1 rings (SSSR count). The molecule has 0 aliphatic rings. The van der Waals surface area contributed by atoms with Crippen LogP contribution in [0, 0.1) is 19.8 Å². The summed E-state index contributed by atoms with van der Waals surface area (Å²) in [5.41, 5.74) is 6.83. The minimum absolute atomic E-state index is 0.0720. The Balaban J connectivity index is 2.86. The summed E-state index contributed by atoms with van der Waals surface area (Å²) in [6.45, 7) is 7.46. The van der Waals surface area contributed by atoms with E-state index in [0.717, 1.165) is 11.4 Å². The van der Waals surface area contributed by atoms with E-state index in [-0.39, 0.29) is 5.92 Å². The number of primary amides is 1. The molecular weight excluding hydrogens is 206 g/mol. The zero-order valence-electron chi connectivity index (χ0n) is 9.98. The van der Waals surface area contributed by atoms with Crippen molar-refractivity contribution in [2.75, 3.05) is 5.32 Å². The fourth-order valence-electron chi connectivity index (χ4n) is 1.22. The number of nitrogens with zero attached hydrogens (tertiary/aromatic N) is 3. The highest BCUT2D eigenvalue weighted by molar-refractivity contribution is 5.82. The Kier molecular flexibility index (Phi) is 3.76. The minimum atomic E-state index is -0.482. The Morgan fingerprint density at radius 3 is 2.31 bits per heavy atom. The molecule has 1 amide bonds. The lowest BCUT2D eigenvalue weighted by atomic mass is 10.0. The maximum atomic E-state index is 11.2. The zero-order chi connectivity index (χ0) is 12.3. The Morgan fingerprint density at radius 1 is 1.25 bits per heavy atom.